The van der Waals surface area contributed by atoms with Crippen LogP contribution >= 0.6 is 0 Å². The molecule has 0 unspecified atom stereocenters. The molecule has 1 aromatic heterocycles. The Bertz CT molecular complexity index is 1210. The second-order valence-electron chi connectivity index (χ2n) is 7.95. The van der Waals surface area contributed by atoms with Crippen LogP contribution in [0, 0.1) is 6.92 Å². The average Bonchev–Trinajstić information content (AvgIpc) is 3.41. The van der Waals surface area contributed by atoms with Gasteiger partial charge in [-0.25, -0.2) is 9.59 Å². The number of amides is 1. The highest BCUT2D eigenvalue weighted by atomic mass is 16.6. The van der Waals surface area contributed by atoms with Crippen LogP contribution in [0.25, 0.3) is 6.08 Å². The molecule has 2 aromatic carbocycles. The Morgan fingerprint density at radius 1 is 1.12 bits per heavy atom. The lowest BCUT2D eigenvalue weighted by Crippen LogP contribution is -2.38. The number of carbonyl (C=O) groups excluding carboxylic acids is 2. The predicted octanol–water partition coefficient (Wildman–Crippen LogP) is 4.15. The molecule has 7 nitrogen and oxygen atoms in total. The maximum atomic E-state index is 12.9. The first-order valence-electron chi connectivity index (χ1n) is 10.6. The number of carbonyl (C=O) groups is 3. The summed E-state index contributed by atoms with van der Waals surface area (Å²) in [6.45, 7) is 2.51. The summed E-state index contributed by atoms with van der Waals surface area (Å²) in [6, 6.07) is 17.7. The van der Waals surface area contributed by atoms with Crippen LogP contribution in [-0.2, 0) is 22.6 Å². The first-order chi connectivity index (χ1) is 15.9. The monoisotopic (exact) mass is 444 g/mol. The molecule has 4 rings (SSSR count). The van der Waals surface area contributed by atoms with Gasteiger partial charge in [0.1, 0.15) is 6.61 Å². The van der Waals surface area contributed by atoms with Crippen LogP contribution in [0.2, 0.25) is 0 Å². The van der Waals surface area contributed by atoms with Gasteiger partial charge in [0.25, 0.3) is 0 Å². The number of nitrogens with zero attached hydrogens (tertiary/aromatic N) is 2. The lowest BCUT2D eigenvalue weighted by Gasteiger charge is -2.18. The van der Waals surface area contributed by atoms with Gasteiger partial charge in [-0.1, -0.05) is 60.2 Å². The Labute approximate surface area is 191 Å². The molecule has 1 N–H and O–H groups in total. The number of ether oxygens (including phenoxy) is 1. The number of hydrogen-bond acceptors (Lipinski definition) is 4. The van der Waals surface area contributed by atoms with E-state index < -0.39 is 18.1 Å². The molecule has 168 valence electrons. The number of benzene rings is 2. The molecule has 1 aliphatic heterocycles. The second kappa shape index (κ2) is 9.56. The van der Waals surface area contributed by atoms with E-state index in [1.807, 2.05) is 90.5 Å². The Kier molecular flexibility index (Phi) is 6.40. The Morgan fingerprint density at radius 2 is 1.91 bits per heavy atom. The number of hydrogen-bond donors (Lipinski definition) is 1. The Balaban J connectivity index is 1.43. The first-order valence-corrected chi connectivity index (χ1v) is 10.6. The van der Waals surface area contributed by atoms with Crippen molar-refractivity contribution in [2.45, 2.75) is 26.1 Å². The molecule has 1 saturated heterocycles. The molecule has 1 aliphatic rings. The summed E-state index contributed by atoms with van der Waals surface area (Å²) in [6.07, 6.45) is 5.13. The third-order valence-electron chi connectivity index (χ3n) is 5.55. The molecule has 0 spiro atoms. The minimum Gasteiger partial charge on any atom is -0.480 e. The van der Waals surface area contributed by atoms with Crippen molar-refractivity contribution < 1.29 is 24.2 Å². The number of cyclic esters (lactones) is 1. The van der Waals surface area contributed by atoms with Crippen molar-refractivity contribution in [3.8, 4) is 0 Å². The number of rotatable bonds is 8. The van der Waals surface area contributed by atoms with E-state index in [0.29, 0.717) is 17.8 Å². The van der Waals surface area contributed by atoms with E-state index in [-0.39, 0.29) is 18.9 Å². The lowest BCUT2D eigenvalue weighted by molar-refractivity contribution is -0.141. The fourth-order valence-corrected chi connectivity index (χ4v) is 3.76. The van der Waals surface area contributed by atoms with Crippen molar-refractivity contribution in [2.75, 3.05) is 6.61 Å². The van der Waals surface area contributed by atoms with Crippen LogP contribution < -0.4 is 0 Å². The van der Waals surface area contributed by atoms with Gasteiger partial charge in [0, 0.05) is 18.3 Å². The van der Waals surface area contributed by atoms with Gasteiger partial charge >= 0.3 is 12.1 Å². The van der Waals surface area contributed by atoms with Crippen molar-refractivity contribution in [1.82, 2.24) is 9.47 Å². The second-order valence-corrected chi connectivity index (χ2v) is 7.95. The van der Waals surface area contributed by atoms with Crippen LogP contribution in [0.5, 0.6) is 0 Å². The summed E-state index contributed by atoms with van der Waals surface area (Å²) in [4.78, 5) is 37.3. The molecule has 0 bridgehead atoms. The van der Waals surface area contributed by atoms with Gasteiger partial charge in [0.2, 0.25) is 5.78 Å². The number of ketones is 1. The summed E-state index contributed by atoms with van der Waals surface area (Å²) in [5, 5.41) is 9.28. The fraction of sp³-hybridized carbons (Fsp3) is 0.192. The lowest BCUT2D eigenvalue weighted by atomic mass is 10.1. The number of allylic oxidation sites excluding steroid dienone is 1. The molecule has 1 amide bonds. The molecular weight excluding hydrogens is 420 g/mol. The zero-order valence-electron chi connectivity index (χ0n) is 18.2. The third-order valence-corrected chi connectivity index (χ3v) is 5.55. The highest BCUT2D eigenvalue weighted by molar-refractivity contribution is 6.08. The molecule has 33 heavy (non-hydrogen) atoms. The SMILES string of the molecule is Cc1ccc(C(=O)c2cccn2C/C=C/c2cccc(CN3C(=O)OC[C@@H]3C(=O)O)c2)cc1. The third kappa shape index (κ3) is 5.03. The van der Waals surface area contributed by atoms with Crippen LogP contribution in [0.3, 0.4) is 0 Å². The van der Waals surface area contributed by atoms with E-state index in [0.717, 1.165) is 16.7 Å². The highest BCUT2D eigenvalue weighted by Gasteiger charge is 2.37. The topological polar surface area (TPSA) is 88.8 Å². The summed E-state index contributed by atoms with van der Waals surface area (Å²) in [5.74, 6) is -1.11. The maximum absolute atomic E-state index is 12.9. The van der Waals surface area contributed by atoms with Gasteiger partial charge < -0.3 is 14.4 Å². The predicted molar refractivity (Wildman–Crippen MR) is 123 cm³/mol. The van der Waals surface area contributed by atoms with E-state index in [9.17, 15) is 19.5 Å². The van der Waals surface area contributed by atoms with Crippen LogP contribution in [0.1, 0.15) is 32.7 Å². The minimum atomic E-state index is -1.08. The summed E-state index contributed by atoms with van der Waals surface area (Å²) < 4.78 is 6.77. The first kappa shape index (κ1) is 22.1. The van der Waals surface area contributed by atoms with E-state index >= 15 is 0 Å². The molecule has 0 saturated carbocycles. The van der Waals surface area contributed by atoms with E-state index in [4.69, 9.17) is 4.74 Å². The molecule has 1 atom stereocenters. The summed E-state index contributed by atoms with van der Waals surface area (Å²) in [7, 11) is 0. The largest absolute Gasteiger partial charge is 0.480 e. The maximum Gasteiger partial charge on any atom is 0.411 e. The van der Waals surface area contributed by atoms with Crippen LogP contribution in [0.4, 0.5) is 4.79 Å². The van der Waals surface area contributed by atoms with Crippen LogP contribution in [-0.4, -0.2) is 45.1 Å². The molecule has 0 radical (unpaired) electrons. The van der Waals surface area contributed by atoms with Crippen molar-refractivity contribution in [3.05, 3.63) is 101 Å². The van der Waals surface area contributed by atoms with Gasteiger partial charge in [-0.2, -0.15) is 0 Å². The Hall–Kier alpha value is -4.13. The molecular formula is C26H24N2O5. The van der Waals surface area contributed by atoms with Crippen molar-refractivity contribution in [2.24, 2.45) is 0 Å². The molecule has 3 aromatic rings. The van der Waals surface area contributed by atoms with Gasteiger partial charge in [0.05, 0.1) is 12.2 Å². The fourth-order valence-electron chi connectivity index (χ4n) is 3.76. The minimum absolute atomic E-state index is 0.0270. The summed E-state index contributed by atoms with van der Waals surface area (Å²) in [5.41, 5.74) is 4.08. The van der Waals surface area contributed by atoms with Gasteiger partial charge in [0.15, 0.2) is 6.04 Å². The number of aromatic nitrogens is 1. The molecule has 2 heterocycles. The Morgan fingerprint density at radius 3 is 2.67 bits per heavy atom. The van der Waals surface area contributed by atoms with Gasteiger partial charge in [-0.3, -0.25) is 9.69 Å². The number of aliphatic carboxylic acids is 1. The van der Waals surface area contributed by atoms with Crippen molar-refractivity contribution in [1.29, 1.82) is 0 Å². The number of aryl methyl sites for hydroxylation is 1. The number of carboxylic acids is 1. The number of carboxylic acid groups (broad SMARTS) is 1. The van der Waals surface area contributed by atoms with Gasteiger partial charge in [-0.15, -0.1) is 0 Å². The molecule has 7 heteroatoms. The zero-order chi connectivity index (χ0) is 23.4. The smallest absolute Gasteiger partial charge is 0.411 e. The standard InChI is InChI=1S/C26H24N2O5/c1-18-9-11-21(12-10-18)24(29)22-8-4-14-27(22)13-3-7-19-5-2-6-20(15-19)16-28-23(25(30)31)17-33-26(28)32/h2-12,14-15,23H,13,16-17H2,1H3,(H,30,31)/b7-3+/t23-/m1/s1. The van der Waals surface area contributed by atoms with Crippen molar-refractivity contribution >= 4 is 23.9 Å². The van der Waals surface area contributed by atoms with Crippen molar-refractivity contribution in [3.63, 3.8) is 0 Å². The highest BCUT2D eigenvalue weighted by Crippen LogP contribution is 2.18. The van der Waals surface area contributed by atoms with E-state index in [2.05, 4.69) is 0 Å². The summed E-state index contributed by atoms with van der Waals surface area (Å²) >= 11 is 0. The van der Waals surface area contributed by atoms with E-state index in [1.54, 1.807) is 0 Å². The molecule has 1 fully saturated rings. The van der Waals surface area contributed by atoms with Crippen LogP contribution in [0.15, 0.2) is 72.9 Å². The normalized spacial score (nSPS) is 15.7. The van der Waals surface area contributed by atoms with Gasteiger partial charge in [-0.05, 0) is 36.2 Å². The van der Waals surface area contributed by atoms with E-state index in [1.165, 1.54) is 4.90 Å². The quantitative estimate of drug-likeness (QED) is 0.528. The zero-order valence-corrected chi connectivity index (χ0v) is 18.2. The molecule has 0 aliphatic carbocycles. The average molecular weight is 444 g/mol.